The molecule has 2 heterocycles. The van der Waals surface area contributed by atoms with E-state index in [1.165, 1.54) is 0 Å². The van der Waals surface area contributed by atoms with Crippen LogP contribution in [-0.2, 0) is 17.8 Å². The largest absolute Gasteiger partial charge is 0.383 e. The molecule has 5 nitrogen and oxygen atoms in total. The molecule has 0 aliphatic heterocycles. The number of pyridine rings is 1. The highest BCUT2D eigenvalue weighted by molar-refractivity contribution is 9.10. The number of anilines is 1. The lowest BCUT2D eigenvalue weighted by Crippen LogP contribution is -2.04. The maximum Gasteiger partial charge on any atom is 0.0729 e. The van der Waals surface area contributed by atoms with Crippen molar-refractivity contribution in [2.75, 3.05) is 19.0 Å². The van der Waals surface area contributed by atoms with E-state index >= 15 is 0 Å². The summed E-state index contributed by atoms with van der Waals surface area (Å²) in [5.41, 5.74) is 2.11. The first-order valence-corrected chi connectivity index (χ1v) is 6.42. The van der Waals surface area contributed by atoms with Crippen LogP contribution in [0, 0.1) is 0 Å². The quantitative estimate of drug-likeness (QED) is 0.889. The average Bonchev–Trinajstić information content (AvgIpc) is 2.82. The van der Waals surface area contributed by atoms with Crippen LogP contribution >= 0.6 is 15.9 Å². The standard InChI is InChI=1S/C12H15BrN4O/c1-18-3-2-17-9-12(8-16-17)15-6-10-4-11(13)7-14-5-10/h4-5,7-9,15H,2-3,6H2,1H3. The van der Waals surface area contributed by atoms with Crippen LogP contribution in [0.4, 0.5) is 5.69 Å². The first-order chi connectivity index (χ1) is 8.78. The Morgan fingerprint density at radius 2 is 2.28 bits per heavy atom. The first-order valence-electron chi connectivity index (χ1n) is 5.62. The highest BCUT2D eigenvalue weighted by atomic mass is 79.9. The summed E-state index contributed by atoms with van der Waals surface area (Å²) in [6, 6.07) is 2.04. The van der Waals surface area contributed by atoms with E-state index in [0.29, 0.717) is 6.61 Å². The number of hydrogen-bond donors (Lipinski definition) is 1. The van der Waals surface area contributed by atoms with Crippen molar-refractivity contribution in [3.63, 3.8) is 0 Å². The van der Waals surface area contributed by atoms with E-state index < -0.39 is 0 Å². The lowest BCUT2D eigenvalue weighted by molar-refractivity contribution is 0.183. The minimum absolute atomic E-state index is 0.663. The monoisotopic (exact) mass is 310 g/mol. The van der Waals surface area contributed by atoms with E-state index in [4.69, 9.17) is 4.74 Å². The second-order valence-corrected chi connectivity index (χ2v) is 4.77. The first kappa shape index (κ1) is 13.0. The molecule has 0 fully saturated rings. The van der Waals surface area contributed by atoms with Crippen molar-refractivity contribution in [2.45, 2.75) is 13.1 Å². The third-order valence-corrected chi connectivity index (χ3v) is 2.85. The lowest BCUT2D eigenvalue weighted by atomic mass is 10.3. The van der Waals surface area contributed by atoms with Gasteiger partial charge in [-0.2, -0.15) is 5.10 Å². The van der Waals surface area contributed by atoms with Gasteiger partial charge in [0, 0.05) is 36.7 Å². The lowest BCUT2D eigenvalue weighted by Gasteiger charge is -2.03. The van der Waals surface area contributed by atoms with Gasteiger partial charge >= 0.3 is 0 Å². The van der Waals surface area contributed by atoms with Gasteiger partial charge in [-0.1, -0.05) is 0 Å². The number of methoxy groups -OCH3 is 1. The Hall–Kier alpha value is -1.40. The smallest absolute Gasteiger partial charge is 0.0729 e. The van der Waals surface area contributed by atoms with Crippen molar-refractivity contribution < 1.29 is 4.74 Å². The van der Waals surface area contributed by atoms with E-state index in [0.717, 1.165) is 28.8 Å². The van der Waals surface area contributed by atoms with Crippen LogP contribution in [0.2, 0.25) is 0 Å². The maximum absolute atomic E-state index is 5.00. The zero-order valence-electron chi connectivity index (χ0n) is 10.1. The van der Waals surface area contributed by atoms with Gasteiger partial charge in [0.15, 0.2) is 0 Å². The fourth-order valence-electron chi connectivity index (χ4n) is 1.52. The highest BCUT2D eigenvalue weighted by Crippen LogP contribution is 2.12. The summed E-state index contributed by atoms with van der Waals surface area (Å²) in [4.78, 5) is 4.12. The van der Waals surface area contributed by atoms with Crippen LogP contribution in [0.15, 0.2) is 35.3 Å². The average molecular weight is 311 g/mol. The Morgan fingerprint density at radius 3 is 3.06 bits per heavy atom. The Balaban J connectivity index is 1.88. The molecule has 96 valence electrons. The molecule has 0 saturated heterocycles. The van der Waals surface area contributed by atoms with Crippen molar-refractivity contribution in [3.05, 3.63) is 40.9 Å². The van der Waals surface area contributed by atoms with Gasteiger partial charge in [-0.05, 0) is 27.6 Å². The van der Waals surface area contributed by atoms with Gasteiger partial charge in [0.2, 0.25) is 0 Å². The number of halogens is 1. The van der Waals surface area contributed by atoms with Gasteiger partial charge in [-0.15, -0.1) is 0 Å². The fraction of sp³-hybridized carbons (Fsp3) is 0.333. The highest BCUT2D eigenvalue weighted by Gasteiger charge is 1.99. The number of nitrogens with zero attached hydrogens (tertiary/aromatic N) is 3. The summed E-state index contributed by atoms with van der Waals surface area (Å²) in [6.07, 6.45) is 7.38. The molecule has 0 aromatic carbocycles. The molecule has 0 atom stereocenters. The number of aromatic nitrogens is 3. The second-order valence-electron chi connectivity index (χ2n) is 3.85. The summed E-state index contributed by atoms with van der Waals surface area (Å²) in [6.45, 7) is 2.15. The molecule has 0 unspecified atom stereocenters. The summed E-state index contributed by atoms with van der Waals surface area (Å²) < 4.78 is 7.84. The van der Waals surface area contributed by atoms with Crippen molar-refractivity contribution in [2.24, 2.45) is 0 Å². The van der Waals surface area contributed by atoms with Crippen LogP contribution in [-0.4, -0.2) is 28.5 Å². The number of hydrogen-bond acceptors (Lipinski definition) is 4. The predicted octanol–water partition coefficient (Wildman–Crippen LogP) is 2.30. The van der Waals surface area contributed by atoms with Gasteiger partial charge in [-0.3, -0.25) is 9.67 Å². The molecule has 0 spiro atoms. The summed E-state index contributed by atoms with van der Waals surface area (Å²) in [7, 11) is 1.68. The maximum atomic E-state index is 5.00. The van der Waals surface area contributed by atoms with E-state index in [2.05, 4.69) is 31.3 Å². The SMILES string of the molecule is COCCn1cc(NCc2cncc(Br)c2)cn1. The molecular formula is C12H15BrN4O. The van der Waals surface area contributed by atoms with Gasteiger partial charge < -0.3 is 10.1 Å². The van der Waals surface area contributed by atoms with Gasteiger partial charge in [0.25, 0.3) is 0 Å². The van der Waals surface area contributed by atoms with Crippen LogP contribution < -0.4 is 5.32 Å². The molecule has 0 radical (unpaired) electrons. The van der Waals surface area contributed by atoms with Crippen molar-refractivity contribution in [1.82, 2.24) is 14.8 Å². The molecule has 0 bridgehead atoms. The van der Waals surface area contributed by atoms with Crippen molar-refractivity contribution in [1.29, 1.82) is 0 Å². The normalized spacial score (nSPS) is 10.6. The Morgan fingerprint density at radius 1 is 1.39 bits per heavy atom. The van der Waals surface area contributed by atoms with E-state index in [9.17, 15) is 0 Å². The third-order valence-electron chi connectivity index (χ3n) is 2.42. The van der Waals surface area contributed by atoms with Gasteiger partial charge in [0.1, 0.15) is 0 Å². The zero-order chi connectivity index (χ0) is 12.8. The Kier molecular flexibility index (Phi) is 4.72. The van der Waals surface area contributed by atoms with Gasteiger partial charge in [-0.25, -0.2) is 0 Å². The van der Waals surface area contributed by atoms with Crippen molar-refractivity contribution in [3.8, 4) is 0 Å². The molecule has 2 aromatic rings. The van der Waals surface area contributed by atoms with Crippen LogP contribution in [0.1, 0.15) is 5.56 Å². The van der Waals surface area contributed by atoms with Crippen LogP contribution in [0.3, 0.4) is 0 Å². The number of rotatable bonds is 6. The second kappa shape index (κ2) is 6.51. The topological polar surface area (TPSA) is 52.0 Å². The molecule has 1 N–H and O–H groups in total. The van der Waals surface area contributed by atoms with Crippen molar-refractivity contribution >= 4 is 21.6 Å². The van der Waals surface area contributed by atoms with Gasteiger partial charge in [0.05, 0.1) is 25.0 Å². The minimum atomic E-state index is 0.663. The summed E-state index contributed by atoms with van der Waals surface area (Å²) in [5.74, 6) is 0. The number of ether oxygens (including phenoxy) is 1. The number of nitrogens with one attached hydrogen (secondary N) is 1. The molecule has 0 saturated carbocycles. The van der Waals surface area contributed by atoms with Crippen LogP contribution in [0.25, 0.3) is 0 Å². The molecule has 0 aliphatic rings. The molecule has 0 aliphatic carbocycles. The molecule has 2 rings (SSSR count). The third kappa shape index (κ3) is 3.82. The predicted molar refractivity (Wildman–Crippen MR) is 73.4 cm³/mol. The fourth-order valence-corrected chi connectivity index (χ4v) is 1.93. The molecule has 6 heteroatoms. The van der Waals surface area contributed by atoms with E-state index in [1.807, 2.05) is 23.1 Å². The Labute approximate surface area is 114 Å². The molecule has 0 amide bonds. The zero-order valence-corrected chi connectivity index (χ0v) is 11.7. The molecular weight excluding hydrogens is 296 g/mol. The van der Waals surface area contributed by atoms with Crippen LogP contribution in [0.5, 0.6) is 0 Å². The molecule has 18 heavy (non-hydrogen) atoms. The Bertz CT molecular complexity index is 500. The van der Waals surface area contributed by atoms with E-state index in [1.54, 1.807) is 19.5 Å². The minimum Gasteiger partial charge on any atom is -0.383 e. The summed E-state index contributed by atoms with van der Waals surface area (Å²) in [5, 5.41) is 7.53. The van der Waals surface area contributed by atoms with E-state index in [-0.39, 0.29) is 0 Å². The summed E-state index contributed by atoms with van der Waals surface area (Å²) >= 11 is 3.40. The molecule has 2 aromatic heterocycles.